The number of hydrogen-bond acceptors (Lipinski definition) is 4. The number of fused-ring (bicyclic) bond motifs is 1. The summed E-state index contributed by atoms with van der Waals surface area (Å²) >= 11 is 0. The van der Waals surface area contributed by atoms with E-state index in [1.165, 1.54) is 6.40 Å². The van der Waals surface area contributed by atoms with Gasteiger partial charge in [0.05, 0.1) is 11.6 Å². The molecule has 5 heteroatoms. The summed E-state index contributed by atoms with van der Waals surface area (Å²) in [6.45, 7) is 0.808. The third-order valence-electron chi connectivity index (χ3n) is 4.56. The van der Waals surface area contributed by atoms with Crippen molar-refractivity contribution in [3.63, 3.8) is 0 Å². The molecule has 2 aromatic rings. The minimum Gasteiger partial charge on any atom is -0.473 e. The molecule has 0 radical (unpaired) electrons. The zero-order valence-electron chi connectivity index (χ0n) is 12.1. The van der Waals surface area contributed by atoms with E-state index in [1.807, 2.05) is 35.4 Å². The first kappa shape index (κ1) is 13.2. The molecule has 2 aliphatic heterocycles. The molecule has 1 fully saturated rings. The Hall–Kier alpha value is -2.43. The lowest BCUT2D eigenvalue weighted by atomic mass is 9.95. The van der Waals surface area contributed by atoms with Crippen molar-refractivity contribution in [3.05, 3.63) is 42.1 Å². The van der Waals surface area contributed by atoms with Crippen molar-refractivity contribution in [2.45, 2.75) is 31.0 Å². The molecule has 3 atom stereocenters. The van der Waals surface area contributed by atoms with Gasteiger partial charge in [-0.3, -0.25) is 9.78 Å². The molecular weight excluding hydrogens is 278 g/mol. The van der Waals surface area contributed by atoms with E-state index in [0.29, 0.717) is 0 Å². The van der Waals surface area contributed by atoms with Crippen LogP contribution in [0.3, 0.4) is 0 Å². The molecule has 0 N–H and O–H groups in total. The minimum atomic E-state index is -0.164. The third kappa shape index (κ3) is 2.13. The summed E-state index contributed by atoms with van der Waals surface area (Å²) in [5.74, 6) is 0. The fourth-order valence-corrected chi connectivity index (χ4v) is 3.46. The fraction of sp³-hybridized carbons (Fsp3) is 0.353. The highest BCUT2D eigenvalue weighted by atomic mass is 16.5. The van der Waals surface area contributed by atoms with Gasteiger partial charge in [0.15, 0.2) is 12.5 Å². The van der Waals surface area contributed by atoms with Crippen LogP contribution in [0.5, 0.6) is 0 Å². The molecule has 1 saturated heterocycles. The molecule has 0 bridgehead atoms. The van der Waals surface area contributed by atoms with Gasteiger partial charge in [0.1, 0.15) is 6.04 Å². The van der Waals surface area contributed by atoms with Crippen LogP contribution in [0, 0.1) is 0 Å². The van der Waals surface area contributed by atoms with Gasteiger partial charge in [0.25, 0.3) is 0 Å². The zero-order chi connectivity index (χ0) is 14.9. The normalized spacial score (nSPS) is 27.3. The van der Waals surface area contributed by atoms with Crippen LogP contribution in [0.4, 0.5) is 0 Å². The molecule has 0 aliphatic carbocycles. The van der Waals surface area contributed by atoms with Crippen LogP contribution in [-0.2, 0) is 9.53 Å². The first-order valence-electron chi connectivity index (χ1n) is 7.59. The molecule has 3 unspecified atom stereocenters. The van der Waals surface area contributed by atoms with Crippen molar-refractivity contribution in [2.75, 3.05) is 6.54 Å². The number of aliphatic imine (C=N–C) groups is 1. The molecular formula is C17H17N3O2. The molecule has 1 aromatic carbocycles. The Morgan fingerprint density at radius 3 is 3.14 bits per heavy atom. The van der Waals surface area contributed by atoms with E-state index >= 15 is 0 Å². The first-order valence-corrected chi connectivity index (χ1v) is 7.59. The Morgan fingerprint density at radius 2 is 2.23 bits per heavy atom. The molecule has 2 aliphatic rings. The van der Waals surface area contributed by atoms with Crippen LogP contribution in [0.2, 0.25) is 0 Å². The molecule has 1 amide bonds. The topological polar surface area (TPSA) is 54.8 Å². The number of benzene rings is 1. The van der Waals surface area contributed by atoms with E-state index in [1.54, 1.807) is 0 Å². The van der Waals surface area contributed by atoms with Crippen LogP contribution in [0.15, 0.2) is 41.5 Å². The predicted octanol–water partition coefficient (Wildman–Crippen LogP) is 2.32. The highest BCUT2D eigenvalue weighted by Crippen LogP contribution is 2.34. The average molecular weight is 295 g/mol. The molecule has 5 nitrogen and oxygen atoms in total. The number of likely N-dealkylation sites (tertiary alicyclic amines) is 1. The number of hydrogen-bond donors (Lipinski definition) is 0. The van der Waals surface area contributed by atoms with Gasteiger partial charge in [-0.2, -0.15) is 0 Å². The van der Waals surface area contributed by atoms with Gasteiger partial charge in [-0.25, -0.2) is 4.99 Å². The van der Waals surface area contributed by atoms with Crippen molar-refractivity contribution in [1.82, 2.24) is 9.88 Å². The zero-order valence-corrected chi connectivity index (χ0v) is 12.1. The van der Waals surface area contributed by atoms with Gasteiger partial charge in [-0.05, 0) is 25.0 Å². The Labute approximate surface area is 128 Å². The van der Waals surface area contributed by atoms with Crippen molar-refractivity contribution in [2.24, 2.45) is 4.99 Å². The fourth-order valence-electron chi connectivity index (χ4n) is 3.46. The lowest BCUT2D eigenvalue weighted by Gasteiger charge is -2.27. The highest BCUT2D eigenvalue weighted by molar-refractivity contribution is 5.79. The molecule has 1 aromatic heterocycles. The van der Waals surface area contributed by atoms with Crippen molar-refractivity contribution < 1.29 is 9.53 Å². The molecule has 112 valence electrons. The second-order valence-corrected chi connectivity index (χ2v) is 5.82. The van der Waals surface area contributed by atoms with E-state index in [4.69, 9.17) is 4.74 Å². The predicted molar refractivity (Wildman–Crippen MR) is 83.6 cm³/mol. The minimum absolute atomic E-state index is 0.0457. The van der Waals surface area contributed by atoms with E-state index in [-0.39, 0.29) is 18.2 Å². The van der Waals surface area contributed by atoms with E-state index < -0.39 is 0 Å². The van der Waals surface area contributed by atoms with Gasteiger partial charge in [0, 0.05) is 23.7 Å². The maximum atomic E-state index is 11.2. The number of nitrogens with zero attached hydrogens (tertiary/aromatic N) is 3. The van der Waals surface area contributed by atoms with Crippen LogP contribution < -0.4 is 0 Å². The van der Waals surface area contributed by atoms with Crippen LogP contribution in [0.1, 0.15) is 24.5 Å². The van der Waals surface area contributed by atoms with Crippen LogP contribution in [0.25, 0.3) is 10.9 Å². The van der Waals surface area contributed by atoms with Gasteiger partial charge >= 0.3 is 0 Å². The van der Waals surface area contributed by atoms with Crippen LogP contribution in [-0.4, -0.2) is 41.3 Å². The Bertz CT molecular complexity index is 731. The molecule has 3 heterocycles. The van der Waals surface area contributed by atoms with Gasteiger partial charge in [-0.1, -0.05) is 18.2 Å². The summed E-state index contributed by atoms with van der Waals surface area (Å²) < 4.78 is 5.73. The van der Waals surface area contributed by atoms with E-state index in [0.717, 1.165) is 42.3 Å². The third-order valence-corrected chi connectivity index (χ3v) is 4.56. The molecule has 0 spiro atoms. The van der Waals surface area contributed by atoms with Crippen molar-refractivity contribution >= 4 is 23.7 Å². The van der Waals surface area contributed by atoms with Crippen molar-refractivity contribution in [3.8, 4) is 0 Å². The van der Waals surface area contributed by atoms with Gasteiger partial charge < -0.3 is 9.64 Å². The monoisotopic (exact) mass is 295 g/mol. The van der Waals surface area contributed by atoms with Crippen LogP contribution >= 0.6 is 0 Å². The van der Waals surface area contributed by atoms with E-state index in [9.17, 15) is 4.79 Å². The number of aromatic nitrogens is 1. The summed E-state index contributed by atoms with van der Waals surface area (Å²) in [7, 11) is 0. The Balaban J connectivity index is 1.66. The lowest BCUT2D eigenvalue weighted by Crippen LogP contribution is -2.39. The second kappa shape index (κ2) is 5.40. The number of amides is 1. The number of para-hydroxylation sites is 1. The van der Waals surface area contributed by atoms with Gasteiger partial charge in [0.2, 0.25) is 6.41 Å². The standard InChI is InChI=1S/C17H17N3O2/c21-11-20-7-3-6-15(20)16-17(22-10-19-16)13-8-12-4-1-2-5-14(12)18-9-13/h1-2,4-5,8-11,15-17H,3,6-7H2. The number of carbonyl (C=O) groups is 1. The quantitative estimate of drug-likeness (QED) is 0.817. The first-order chi connectivity index (χ1) is 10.9. The van der Waals surface area contributed by atoms with Crippen molar-refractivity contribution in [1.29, 1.82) is 0 Å². The summed E-state index contributed by atoms with van der Waals surface area (Å²) in [4.78, 5) is 22.0. The smallest absolute Gasteiger partial charge is 0.210 e. The average Bonchev–Trinajstić information content (AvgIpc) is 3.22. The summed E-state index contributed by atoms with van der Waals surface area (Å²) in [6.07, 6.45) is 6.14. The summed E-state index contributed by atoms with van der Waals surface area (Å²) in [5, 5.41) is 1.09. The SMILES string of the molecule is O=CN1CCCC1C1N=COC1c1cnc2ccccc2c1. The maximum Gasteiger partial charge on any atom is 0.210 e. The highest BCUT2D eigenvalue weighted by Gasteiger charge is 2.39. The summed E-state index contributed by atoms with van der Waals surface area (Å²) in [5.41, 5.74) is 1.98. The second-order valence-electron chi connectivity index (χ2n) is 5.82. The lowest BCUT2D eigenvalue weighted by molar-refractivity contribution is -0.119. The van der Waals surface area contributed by atoms with Gasteiger partial charge in [-0.15, -0.1) is 0 Å². The number of ether oxygens (including phenoxy) is 1. The number of pyridine rings is 1. The molecule has 22 heavy (non-hydrogen) atoms. The molecule has 0 saturated carbocycles. The Morgan fingerprint density at radius 1 is 1.32 bits per heavy atom. The summed E-state index contributed by atoms with van der Waals surface area (Å²) in [6, 6.07) is 10.2. The Kier molecular flexibility index (Phi) is 3.25. The number of carbonyl (C=O) groups excluding carboxylic acids is 1. The molecule has 4 rings (SSSR count). The van der Waals surface area contributed by atoms with E-state index in [2.05, 4.69) is 16.0 Å². The maximum absolute atomic E-state index is 11.2. The number of rotatable bonds is 3. The largest absolute Gasteiger partial charge is 0.473 e.